The number of hydrogen-bond acceptors (Lipinski definition) is 6. The van der Waals surface area contributed by atoms with Crippen molar-refractivity contribution in [3.05, 3.63) is 82.5 Å². The lowest BCUT2D eigenvalue weighted by molar-refractivity contribution is -0.128. The van der Waals surface area contributed by atoms with Gasteiger partial charge in [-0.25, -0.2) is 18.2 Å². The van der Waals surface area contributed by atoms with Crippen molar-refractivity contribution >= 4 is 40.8 Å². The molecule has 9 nitrogen and oxygen atoms in total. The fourth-order valence-corrected chi connectivity index (χ4v) is 6.43. The van der Waals surface area contributed by atoms with Crippen molar-refractivity contribution < 1.29 is 27.6 Å². The Balaban J connectivity index is 1.46. The quantitative estimate of drug-likeness (QED) is 0.320. The summed E-state index contributed by atoms with van der Waals surface area (Å²) in [7, 11) is 0. The lowest BCUT2D eigenvalue weighted by Crippen LogP contribution is -2.53. The minimum absolute atomic E-state index is 0.00568. The highest BCUT2D eigenvalue weighted by molar-refractivity contribution is 6.31. The van der Waals surface area contributed by atoms with Gasteiger partial charge >= 0.3 is 0 Å². The number of nitrogens with one attached hydrogen (secondary N) is 1. The molecule has 1 saturated heterocycles. The topological polar surface area (TPSA) is 119 Å². The molecular weight excluding hydrogens is 621 g/mol. The summed E-state index contributed by atoms with van der Waals surface area (Å²) in [6.45, 7) is 0. The molecule has 0 bridgehead atoms. The van der Waals surface area contributed by atoms with Gasteiger partial charge in [0.1, 0.15) is 17.7 Å². The number of nitriles is 1. The Bertz CT molecular complexity index is 1720. The van der Waals surface area contributed by atoms with Crippen molar-refractivity contribution in [3.8, 4) is 6.07 Å². The van der Waals surface area contributed by atoms with E-state index in [0.717, 1.165) is 23.8 Å². The maximum absolute atomic E-state index is 15.2. The predicted molar refractivity (Wildman–Crippen MR) is 163 cm³/mol. The van der Waals surface area contributed by atoms with Crippen LogP contribution in [0.2, 0.25) is 5.02 Å². The molecule has 2 aliphatic carbocycles. The van der Waals surface area contributed by atoms with Gasteiger partial charge in [-0.1, -0.05) is 11.6 Å². The van der Waals surface area contributed by atoms with Crippen LogP contribution in [-0.4, -0.2) is 45.7 Å². The smallest absolute Gasteiger partial charge is 0.251 e. The largest absolute Gasteiger partial charge is 0.351 e. The van der Waals surface area contributed by atoms with Gasteiger partial charge in [0.15, 0.2) is 6.04 Å². The third-order valence-corrected chi connectivity index (χ3v) is 9.02. The van der Waals surface area contributed by atoms with Gasteiger partial charge in [-0.2, -0.15) is 5.26 Å². The first-order valence-electron chi connectivity index (χ1n) is 15.1. The van der Waals surface area contributed by atoms with Crippen LogP contribution in [0.4, 0.5) is 24.7 Å². The van der Waals surface area contributed by atoms with Crippen LogP contribution in [0, 0.1) is 17.1 Å². The predicted octanol–water partition coefficient (Wildman–Crippen LogP) is 5.98. The van der Waals surface area contributed by atoms with Crippen LogP contribution in [0.15, 0.2) is 54.9 Å². The Kier molecular flexibility index (Phi) is 8.70. The van der Waals surface area contributed by atoms with E-state index >= 15 is 4.39 Å². The highest BCUT2D eigenvalue weighted by atomic mass is 35.5. The van der Waals surface area contributed by atoms with Crippen molar-refractivity contribution in [3.63, 3.8) is 0 Å². The van der Waals surface area contributed by atoms with Crippen molar-refractivity contribution in [2.45, 2.75) is 81.3 Å². The minimum atomic E-state index is -2.83. The zero-order valence-electron chi connectivity index (χ0n) is 24.6. The number of alkyl halides is 2. The summed E-state index contributed by atoms with van der Waals surface area (Å²) in [5.41, 5.74) is 0.926. The molecule has 3 fully saturated rings. The van der Waals surface area contributed by atoms with E-state index in [1.165, 1.54) is 41.6 Å². The van der Waals surface area contributed by atoms with Gasteiger partial charge in [0.2, 0.25) is 17.7 Å². The number of anilines is 2. The Hall–Kier alpha value is -4.50. The van der Waals surface area contributed by atoms with Gasteiger partial charge in [-0.3, -0.25) is 29.2 Å². The summed E-state index contributed by atoms with van der Waals surface area (Å²) in [4.78, 5) is 53.2. The Morgan fingerprint density at radius 3 is 2.52 bits per heavy atom. The Labute approximate surface area is 268 Å². The van der Waals surface area contributed by atoms with Crippen LogP contribution in [0.1, 0.15) is 80.1 Å². The second-order valence-electron chi connectivity index (χ2n) is 12.0. The maximum Gasteiger partial charge on any atom is 0.251 e. The number of amides is 3. The molecule has 3 amide bonds. The van der Waals surface area contributed by atoms with E-state index in [4.69, 9.17) is 11.6 Å². The number of rotatable bonds is 8. The lowest BCUT2D eigenvalue weighted by atomic mass is 9.92. The van der Waals surface area contributed by atoms with Crippen LogP contribution in [-0.2, 0) is 14.4 Å². The summed E-state index contributed by atoms with van der Waals surface area (Å²) >= 11 is 6.58. The monoisotopic (exact) mass is 650 g/mol. The highest BCUT2D eigenvalue weighted by Crippen LogP contribution is 2.43. The van der Waals surface area contributed by atoms with E-state index in [1.807, 2.05) is 6.07 Å². The first-order valence-corrected chi connectivity index (χ1v) is 15.5. The molecule has 238 valence electrons. The molecule has 3 aromatic rings. The zero-order valence-corrected chi connectivity index (χ0v) is 25.4. The van der Waals surface area contributed by atoms with E-state index in [-0.39, 0.29) is 59.4 Å². The molecule has 0 radical (unpaired) electrons. The SMILES string of the molecule is N#Cc1ccnc(N2C(=O)CC[C@H]2C(=O)N(c2cc(F)cc(C3CC3)c2)[C@H](C(=O)NC2CCC(F)(F)CC2)c2ncccc2Cl)c1. The summed E-state index contributed by atoms with van der Waals surface area (Å²) < 4.78 is 43.1. The molecular formula is C33H30ClF3N6O3. The van der Waals surface area contributed by atoms with E-state index in [1.54, 1.807) is 12.1 Å². The number of benzene rings is 1. The van der Waals surface area contributed by atoms with Crippen molar-refractivity contribution in [1.29, 1.82) is 5.26 Å². The molecule has 0 spiro atoms. The Morgan fingerprint density at radius 2 is 1.83 bits per heavy atom. The van der Waals surface area contributed by atoms with Crippen LogP contribution < -0.4 is 15.1 Å². The average Bonchev–Trinajstić information content (AvgIpc) is 3.82. The maximum atomic E-state index is 15.2. The molecule has 2 atom stereocenters. The van der Waals surface area contributed by atoms with Gasteiger partial charge in [0.25, 0.3) is 5.91 Å². The third-order valence-electron chi connectivity index (χ3n) is 8.70. The summed E-state index contributed by atoms with van der Waals surface area (Å²) in [6.07, 6.45) is 3.70. The summed E-state index contributed by atoms with van der Waals surface area (Å²) in [6, 6.07) is 8.74. The average molecular weight is 651 g/mol. The molecule has 1 aliphatic heterocycles. The molecule has 46 heavy (non-hydrogen) atoms. The van der Waals surface area contributed by atoms with E-state index in [9.17, 15) is 28.4 Å². The van der Waals surface area contributed by atoms with E-state index in [2.05, 4.69) is 15.3 Å². The van der Waals surface area contributed by atoms with Crippen molar-refractivity contribution in [2.75, 3.05) is 9.80 Å². The molecule has 13 heteroatoms. The first-order chi connectivity index (χ1) is 22.0. The van der Waals surface area contributed by atoms with Gasteiger partial charge in [-0.15, -0.1) is 0 Å². The van der Waals surface area contributed by atoms with Crippen molar-refractivity contribution in [2.24, 2.45) is 0 Å². The van der Waals surface area contributed by atoms with Crippen LogP contribution >= 0.6 is 11.6 Å². The number of halogens is 4. The van der Waals surface area contributed by atoms with Gasteiger partial charge in [-0.05, 0) is 86.1 Å². The Morgan fingerprint density at radius 1 is 1.07 bits per heavy atom. The van der Waals surface area contributed by atoms with Gasteiger partial charge in [0, 0.05) is 43.4 Å². The minimum Gasteiger partial charge on any atom is -0.351 e. The molecule has 3 heterocycles. The van der Waals surface area contributed by atoms with Crippen LogP contribution in [0.5, 0.6) is 0 Å². The summed E-state index contributed by atoms with van der Waals surface area (Å²) in [5, 5.41) is 12.3. The fourth-order valence-electron chi connectivity index (χ4n) is 6.20. The van der Waals surface area contributed by atoms with E-state index in [0.29, 0.717) is 5.56 Å². The van der Waals surface area contributed by atoms with Crippen LogP contribution in [0.3, 0.4) is 0 Å². The van der Waals surface area contributed by atoms with Gasteiger partial charge in [0.05, 0.1) is 22.3 Å². The molecule has 1 N–H and O–H groups in total. The third kappa shape index (κ3) is 6.56. The molecule has 0 unspecified atom stereocenters. The zero-order chi connectivity index (χ0) is 32.6. The number of pyridine rings is 2. The molecule has 1 aromatic carbocycles. The van der Waals surface area contributed by atoms with Gasteiger partial charge < -0.3 is 5.32 Å². The molecule has 6 rings (SSSR count). The second-order valence-corrected chi connectivity index (χ2v) is 12.4. The van der Waals surface area contributed by atoms with Crippen LogP contribution in [0.25, 0.3) is 0 Å². The lowest BCUT2D eigenvalue weighted by Gasteiger charge is -2.36. The number of aromatic nitrogens is 2. The molecule has 2 aromatic heterocycles. The standard InChI is InChI=1S/C33H30ClF3N6O3/c34-25-2-1-12-40-29(25)30(31(45)41-23-7-10-33(36,37)11-8-23)42(24-16-21(20-3-4-20)15-22(35)17-24)32(46)26-5-6-28(44)43(26)27-14-19(18-38)9-13-39-27/h1-2,9,12-17,20,23,26,30H,3-8,10-11H2,(H,41,45)/t26-,30-/m0/s1. The first kappa shape index (κ1) is 31.5. The number of hydrogen-bond donors (Lipinski definition) is 1. The number of carbonyl (C=O) groups excluding carboxylic acids is 3. The van der Waals surface area contributed by atoms with E-state index < -0.39 is 60.4 Å². The molecule has 2 saturated carbocycles. The highest BCUT2D eigenvalue weighted by Gasteiger charge is 2.46. The second kappa shape index (κ2) is 12.7. The normalized spacial score (nSPS) is 20.2. The molecule has 3 aliphatic rings. The number of nitrogens with zero attached hydrogens (tertiary/aromatic N) is 5. The summed E-state index contributed by atoms with van der Waals surface area (Å²) in [5.74, 6) is -5.16. The van der Waals surface area contributed by atoms with Crippen molar-refractivity contribution in [1.82, 2.24) is 15.3 Å². The fraction of sp³-hybridized carbons (Fsp3) is 0.394. The number of carbonyl (C=O) groups is 3.